The summed E-state index contributed by atoms with van der Waals surface area (Å²) in [4.78, 5) is 2.28. The van der Waals surface area contributed by atoms with E-state index in [9.17, 15) is 0 Å². The minimum absolute atomic E-state index is 0.442. The Labute approximate surface area is 75.8 Å². The summed E-state index contributed by atoms with van der Waals surface area (Å²) in [5.41, 5.74) is 1.51. The molecule has 1 saturated heterocycles. The van der Waals surface area contributed by atoms with Crippen LogP contribution in [0.15, 0.2) is 24.9 Å². The minimum atomic E-state index is 0.442. The Morgan fingerprint density at radius 1 is 1.42 bits per heavy atom. The molecule has 0 spiro atoms. The van der Waals surface area contributed by atoms with E-state index in [2.05, 4.69) is 38.8 Å². The van der Waals surface area contributed by atoms with Gasteiger partial charge >= 0.3 is 0 Å². The van der Waals surface area contributed by atoms with Crippen molar-refractivity contribution in [3.8, 4) is 0 Å². The van der Waals surface area contributed by atoms with Gasteiger partial charge in [0.05, 0.1) is 0 Å². The molecule has 0 atom stereocenters. The first kappa shape index (κ1) is 9.37. The molecule has 1 aliphatic heterocycles. The molecule has 12 heavy (non-hydrogen) atoms. The molecule has 0 aromatic carbocycles. The molecule has 0 aromatic rings. The first-order valence-electron chi connectivity index (χ1n) is 4.51. The van der Waals surface area contributed by atoms with E-state index in [1.165, 1.54) is 0 Å². The SMILES string of the molecule is C=CC(=C)N1CC(C(C)(C)C)C1. The van der Waals surface area contributed by atoms with Crippen LogP contribution < -0.4 is 0 Å². The highest BCUT2D eigenvalue weighted by atomic mass is 15.2. The first-order chi connectivity index (χ1) is 5.45. The average Bonchev–Trinajstić information content (AvgIpc) is 1.80. The number of hydrogen-bond donors (Lipinski definition) is 0. The maximum atomic E-state index is 3.92. The maximum absolute atomic E-state index is 3.92. The smallest absolute Gasteiger partial charge is 0.0287 e. The van der Waals surface area contributed by atoms with Gasteiger partial charge in [-0.3, -0.25) is 0 Å². The number of nitrogens with zero attached hydrogens (tertiary/aromatic N) is 1. The van der Waals surface area contributed by atoms with Crippen molar-refractivity contribution in [2.75, 3.05) is 13.1 Å². The predicted octanol–water partition coefficient (Wildman–Crippen LogP) is 2.66. The number of rotatable bonds is 2. The highest BCUT2D eigenvalue weighted by Crippen LogP contribution is 2.35. The van der Waals surface area contributed by atoms with Crippen molar-refractivity contribution in [1.82, 2.24) is 4.90 Å². The molecule has 1 aliphatic rings. The van der Waals surface area contributed by atoms with Crippen molar-refractivity contribution in [3.05, 3.63) is 24.9 Å². The van der Waals surface area contributed by atoms with Gasteiger partial charge in [-0.15, -0.1) is 0 Å². The Kier molecular flexibility index (Phi) is 2.31. The monoisotopic (exact) mass is 165 g/mol. The third-order valence-electron chi connectivity index (χ3n) is 2.75. The normalized spacial score (nSPS) is 18.8. The van der Waals surface area contributed by atoms with E-state index < -0.39 is 0 Å². The Morgan fingerprint density at radius 2 is 1.92 bits per heavy atom. The fraction of sp³-hybridized carbons (Fsp3) is 0.636. The molecular weight excluding hydrogens is 146 g/mol. The second kappa shape index (κ2) is 2.96. The van der Waals surface area contributed by atoms with Gasteiger partial charge in [0.2, 0.25) is 0 Å². The zero-order chi connectivity index (χ0) is 9.35. The molecule has 1 nitrogen and oxygen atoms in total. The van der Waals surface area contributed by atoms with Crippen molar-refractivity contribution >= 4 is 0 Å². The van der Waals surface area contributed by atoms with E-state index in [4.69, 9.17) is 0 Å². The van der Waals surface area contributed by atoms with Crippen LogP contribution in [0, 0.1) is 11.3 Å². The van der Waals surface area contributed by atoms with Crippen molar-refractivity contribution < 1.29 is 0 Å². The maximum Gasteiger partial charge on any atom is 0.0287 e. The molecule has 0 bridgehead atoms. The average molecular weight is 165 g/mol. The number of likely N-dealkylation sites (tertiary alicyclic amines) is 1. The van der Waals surface area contributed by atoms with Crippen LogP contribution in [0.4, 0.5) is 0 Å². The van der Waals surface area contributed by atoms with Crippen LogP contribution in [0.25, 0.3) is 0 Å². The molecule has 1 fully saturated rings. The first-order valence-corrected chi connectivity index (χ1v) is 4.51. The van der Waals surface area contributed by atoms with Gasteiger partial charge < -0.3 is 4.90 Å². The summed E-state index contributed by atoms with van der Waals surface area (Å²) in [6, 6.07) is 0. The second-order valence-corrected chi connectivity index (χ2v) is 4.66. The lowest BCUT2D eigenvalue weighted by Gasteiger charge is -2.47. The highest BCUT2D eigenvalue weighted by Gasteiger charge is 2.35. The van der Waals surface area contributed by atoms with Crippen LogP contribution in [-0.4, -0.2) is 18.0 Å². The summed E-state index contributed by atoms with van der Waals surface area (Å²) in [5.74, 6) is 0.814. The summed E-state index contributed by atoms with van der Waals surface area (Å²) in [6.45, 7) is 16.8. The second-order valence-electron chi connectivity index (χ2n) is 4.66. The van der Waals surface area contributed by atoms with Gasteiger partial charge in [-0.1, -0.05) is 33.9 Å². The van der Waals surface area contributed by atoms with Gasteiger partial charge in [-0.2, -0.15) is 0 Å². The fourth-order valence-corrected chi connectivity index (χ4v) is 1.39. The fourth-order valence-electron chi connectivity index (χ4n) is 1.39. The van der Waals surface area contributed by atoms with E-state index in [1.807, 2.05) is 6.08 Å². The van der Waals surface area contributed by atoms with Crippen LogP contribution in [0.3, 0.4) is 0 Å². The van der Waals surface area contributed by atoms with E-state index in [0.29, 0.717) is 5.41 Å². The lowest BCUT2D eigenvalue weighted by molar-refractivity contribution is 0.0555. The standard InChI is InChI=1S/C11H19N/c1-6-9(2)12-7-10(8-12)11(3,4)5/h6,10H,1-2,7-8H2,3-5H3. The van der Waals surface area contributed by atoms with Gasteiger partial charge in [-0.05, 0) is 17.4 Å². The van der Waals surface area contributed by atoms with Gasteiger partial charge in [-0.25, -0.2) is 0 Å². The molecule has 0 aromatic heterocycles. The molecule has 1 heterocycles. The van der Waals surface area contributed by atoms with Crippen molar-refractivity contribution in [2.24, 2.45) is 11.3 Å². The van der Waals surface area contributed by atoms with Gasteiger partial charge in [0, 0.05) is 18.8 Å². The van der Waals surface area contributed by atoms with Gasteiger partial charge in [0.1, 0.15) is 0 Å². The lowest BCUT2D eigenvalue weighted by Crippen LogP contribution is -2.50. The van der Waals surface area contributed by atoms with E-state index in [0.717, 1.165) is 24.7 Å². The highest BCUT2D eigenvalue weighted by molar-refractivity contribution is 5.13. The molecule has 1 rings (SSSR count). The van der Waals surface area contributed by atoms with Gasteiger partial charge in [0.25, 0.3) is 0 Å². The van der Waals surface area contributed by atoms with E-state index >= 15 is 0 Å². The number of allylic oxidation sites excluding steroid dienone is 1. The molecular formula is C11H19N. The molecule has 68 valence electrons. The van der Waals surface area contributed by atoms with Crippen LogP contribution in [0.1, 0.15) is 20.8 Å². The summed E-state index contributed by atoms with van der Waals surface area (Å²) in [6.07, 6.45) is 1.83. The summed E-state index contributed by atoms with van der Waals surface area (Å²) < 4.78 is 0. The van der Waals surface area contributed by atoms with Crippen molar-refractivity contribution in [3.63, 3.8) is 0 Å². The topological polar surface area (TPSA) is 3.24 Å². The minimum Gasteiger partial charge on any atom is -0.371 e. The lowest BCUT2D eigenvalue weighted by atomic mass is 9.76. The van der Waals surface area contributed by atoms with Crippen molar-refractivity contribution in [2.45, 2.75) is 20.8 Å². The molecule has 1 heteroatoms. The van der Waals surface area contributed by atoms with E-state index in [1.54, 1.807) is 0 Å². The van der Waals surface area contributed by atoms with E-state index in [-0.39, 0.29) is 0 Å². The predicted molar refractivity (Wildman–Crippen MR) is 53.9 cm³/mol. The molecule has 0 amide bonds. The Hall–Kier alpha value is -0.720. The van der Waals surface area contributed by atoms with Crippen LogP contribution >= 0.6 is 0 Å². The largest absolute Gasteiger partial charge is 0.371 e. The summed E-state index contributed by atoms with van der Waals surface area (Å²) in [5, 5.41) is 0. The third kappa shape index (κ3) is 1.71. The molecule has 0 unspecified atom stereocenters. The molecule has 0 N–H and O–H groups in total. The quantitative estimate of drug-likeness (QED) is 0.569. The zero-order valence-electron chi connectivity index (χ0n) is 8.43. The molecule has 0 aliphatic carbocycles. The Bertz CT molecular complexity index is 192. The molecule has 0 saturated carbocycles. The Balaban J connectivity index is 2.38. The van der Waals surface area contributed by atoms with Crippen LogP contribution in [0.2, 0.25) is 0 Å². The van der Waals surface area contributed by atoms with Crippen molar-refractivity contribution in [1.29, 1.82) is 0 Å². The number of hydrogen-bond acceptors (Lipinski definition) is 1. The zero-order valence-corrected chi connectivity index (χ0v) is 8.43. The summed E-state index contributed by atoms with van der Waals surface area (Å²) in [7, 11) is 0. The molecule has 0 radical (unpaired) electrons. The summed E-state index contributed by atoms with van der Waals surface area (Å²) >= 11 is 0. The van der Waals surface area contributed by atoms with Crippen LogP contribution in [0.5, 0.6) is 0 Å². The Morgan fingerprint density at radius 3 is 2.25 bits per heavy atom. The van der Waals surface area contributed by atoms with Gasteiger partial charge in [0.15, 0.2) is 0 Å². The van der Waals surface area contributed by atoms with Crippen LogP contribution in [-0.2, 0) is 0 Å². The third-order valence-corrected chi connectivity index (χ3v) is 2.75.